The van der Waals surface area contributed by atoms with Crippen LogP contribution in [0.5, 0.6) is 0 Å². The van der Waals surface area contributed by atoms with E-state index in [9.17, 15) is 9.90 Å². The van der Waals surface area contributed by atoms with Crippen LogP contribution in [0.2, 0.25) is 0 Å². The molecule has 1 amide bonds. The van der Waals surface area contributed by atoms with E-state index in [4.69, 9.17) is 0 Å². The molecule has 0 rings (SSSR count). The molecule has 0 aromatic carbocycles. The smallest absolute Gasteiger partial charge is 0.236 e. The molecule has 2 N–H and O–H groups in total. The third-order valence-electron chi connectivity index (χ3n) is 2.24. The van der Waals surface area contributed by atoms with Gasteiger partial charge in [0.15, 0.2) is 0 Å². The van der Waals surface area contributed by atoms with Crippen LogP contribution in [0.25, 0.3) is 0 Å². The van der Waals surface area contributed by atoms with Crippen LogP contribution < -0.4 is 5.32 Å². The molecule has 0 aliphatic carbocycles. The Morgan fingerprint density at radius 2 is 1.93 bits per heavy atom. The van der Waals surface area contributed by atoms with E-state index in [0.717, 1.165) is 13.1 Å². The molecule has 0 fully saturated rings. The normalized spacial score (nSPS) is 12.6. The summed E-state index contributed by atoms with van der Waals surface area (Å²) in [6.45, 7) is 8.13. The number of hydrogen-bond acceptors (Lipinski definition) is 3. The number of amides is 1. The van der Waals surface area contributed by atoms with Gasteiger partial charge in [-0.2, -0.15) is 0 Å². The largest absolute Gasteiger partial charge is 0.392 e. The third-order valence-corrected chi connectivity index (χ3v) is 2.24. The second-order valence-corrected chi connectivity index (χ2v) is 3.26. The molecule has 0 bridgehead atoms. The van der Waals surface area contributed by atoms with Gasteiger partial charge in [-0.1, -0.05) is 6.92 Å². The highest BCUT2D eigenvalue weighted by Crippen LogP contribution is 1.89. The molecule has 1 atom stereocenters. The zero-order valence-corrected chi connectivity index (χ0v) is 9.42. The van der Waals surface area contributed by atoms with Gasteiger partial charge in [0, 0.05) is 19.6 Å². The molecule has 0 saturated carbocycles. The van der Waals surface area contributed by atoms with Gasteiger partial charge in [-0.25, -0.2) is 0 Å². The Kier molecular flexibility index (Phi) is 7.42. The summed E-state index contributed by atoms with van der Waals surface area (Å²) >= 11 is 0. The number of nitrogens with zero attached hydrogens (tertiary/aromatic N) is 1. The van der Waals surface area contributed by atoms with Crippen molar-refractivity contribution >= 4 is 5.91 Å². The van der Waals surface area contributed by atoms with Gasteiger partial charge in [-0.15, -0.1) is 0 Å². The molecule has 0 heterocycles. The van der Waals surface area contributed by atoms with Crippen LogP contribution in [0.4, 0.5) is 0 Å². The first-order valence-corrected chi connectivity index (χ1v) is 5.32. The Bertz CT molecular complexity index is 158. The van der Waals surface area contributed by atoms with E-state index < -0.39 is 0 Å². The van der Waals surface area contributed by atoms with Gasteiger partial charge in [-0.3, -0.25) is 4.79 Å². The van der Waals surface area contributed by atoms with Crippen LogP contribution in [0.1, 0.15) is 27.2 Å². The second kappa shape index (κ2) is 7.76. The minimum atomic E-state index is -0.348. The Labute approximate surface area is 86.3 Å². The Balaban J connectivity index is 3.62. The molecule has 0 aliphatic heterocycles. The number of carbonyl (C=O) groups is 1. The average molecular weight is 202 g/mol. The fourth-order valence-corrected chi connectivity index (χ4v) is 1.18. The van der Waals surface area contributed by atoms with Crippen molar-refractivity contribution in [2.75, 3.05) is 26.2 Å². The summed E-state index contributed by atoms with van der Waals surface area (Å²) in [6.07, 6.45) is 0.367. The average Bonchev–Trinajstić information content (AvgIpc) is 2.19. The van der Waals surface area contributed by atoms with Gasteiger partial charge < -0.3 is 15.3 Å². The Hall–Kier alpha value is -0.610. The van der Waals surface area contributed by atoms with Crippen LogP contribution in [0.3, 0.4) is 0 Å². The maximum atomic E-state index is 11.5. The lowest BCUT2D eigenvalue weighted by molar-refractivity contribution is -0.129. The summed E-state index contributed by atoms with van der Waals surface area (Å²) in [5, 5.41) is 12.2. The molecule has 0 radical (unpaired) electrons. The van der Waals surface area contributed by atoms with Gasteiger partial charge in [0.2, 0.25) is 5.91 Å². The van der Waals surface area contributed by atoms with E-state index in [0.29, 0.717) is 19.5 Å². The number of aliphatic hydroxyl groups is 1. The van der Waals surface area contributed by atoms with Gasteiger partial charge in [0.05, 0.1) is 12.6 Å². The molecule has 0 aromatic rings. The lowest BCUT2D eigenvalue weighted by Gasteiger charge is -2.19. The second-order valence-electron chi connectivity index (χ2n) is 3.26. The van der Waals surface area contributed by atoms with E-state index in [1.54, 1.807) is 4.90 Å². The summed E-state index contributed by atoms with van der Waals surface area (Å²) in [4.78, 5) is 13.2. The summed E-state index contributed by atoms with van der Waals surface area (Å²) in [5.41, 5.74) is 0. The zero-order valence-electron chi connectivity index (χ0n) is 9.42. The highest BCUT2D eigenvalue weighted by atomic mass is 16.3. The van der Waals surface area contributed by atoms with Gasteiger partial charge >= 0.3 is 0 Å². The molecule has 14 heavy (non-hydrogen) atoms. The fourth-order valence-electron chi connectivity index (χ4n) is 1.18. The Morgan fingerprint density at radius 1 is 1.36 bits per heavy atom. The topological polar surface area (TPSA) is 52.6 Å². The predicted octanol–water partition coefficient (Wildman–Crippen LogP) is 0.215. The highest BCUT2D eigenvalue weighted by molar-refractivity contribution is 5.78. The van der Waals surface area contributed by atoms with E-state index >= 15 is 0 Å². The highest BCUT2D eigenvalue weighted by Gasteiger charge is 2.09. The molecule has 0 saturated heterocycles. The lowest BCUT2D eigenvalue weighted by Crippen LogP contribution is -2.40. The summed E-state index contributed by atoms with van der Waals surface area (Å²) < 4.78 is 0. The summed E-state index contributed by atoms with van der Waals surface area (Å²) in [7, 11) is 0. The maximum absolute atomic E-state index is 11.5. The molecule has 1 unspecified atom stereocenters. The van der Waals surface area contributed by atoms with Crippen molar-refractivity contribution in [1.29, 1.82) is 0 Å². The van der Waals surface area contributed by atoms with Crippen molar-refractivity contribution in [1.82, 2.24) is 10.2 Å². The Morgan fingerprint density at radius 3 is 2.36 bits per heavy atom. The molecule has 0 aliphatic rings. The number of hydrogen-bond donors (Lipinski definition) is 2. The molecule has 4 nitrogen and oxygen atoms in total. The van der Waals surface area contributed by atoms with E-state index in [1.807, 2.05) is 20.8 Å². The molecule has 84 valence electrons. The third kappa shape index (κ3) is 5.19. The number of nitrogens with one attached hydrogen (secondary N) is 1. The monoisotopic (exact) mass is 202 g/mol. The van der Waals surface area contributed by atoms with Crippen molar-refractivity contribution in [3.63, 3.8) is 0 Å². The summed E-state index contributed by atoms with van der Waals surface area (Å²) in [6, 6.07) is 0. The number of carbonyl (C=O) groups excluding carboxylic acids is 1. The van der Waals surface area contributed by atoms with Crippen molar-refractivity contribution in [3.05, 3.63) is 0 Å². The van der Waals surface area contributed by atoms with E-state index in [2.05, 4.69) is 5.32 Å². The minimum Gasteiger partial charge on any atom is -0.392 e. The van der Waals surface area contributed by atoms with Crippen molar-refractivity contribution in [3.8, 4) is 0 Å². The van der Waals surface area contributed by atoms with Crippen LogP contribution in [-0.2, 0) is 4.79 Å². The molecule has 0 aromatic heterocycles. The van der Waals surface area contributed by atoms with Crippen LogP contribution in [-0.4, -0.2) is 48.2 Å². The quantitative estimate of drug-likeness (QED) is 0.621. The predicted molar refractivity (Wildman–Crippen MR) is 57.1 cm³/mol. The van der Waals surface area contributed by atoms with Gasteiger partial charge in [0.25, 0.3) is 0 Å². The molecule has 4 heteroatoms. The van der Waals surface area contributed by atoms with Crippen LogP contribution in [0, 0.1) is 0 Å². The van der Waals surface area contributed by atoms with Crippen molar-refractivity contribution in [2.24, 2.45) is 0 Å². The number of aliphatic hydroxyl groups excluding tert-OH is 1. The minimum absolute atomic E-state index is 0.0957. The van der Waals surface area contributed by atoms with E-state index in [-0.39, 0.29) is 12.0 Å². The lowest BCUT2D eigenvalue weighted by atomic mass is 10.3. The fraction of sp³-hybridized carbons (Fsp3) is 0.900. The van der Waals surface area contributed by atoms with Gasteiger partial charge in [-0.05, 0) is 20.3 Å². The molecular weight excluding hydrogens is 180 g/mol. The van der Waals surface area contributed by atoms with E-state index in [1.165, 1.54) is 0 Å². The van der Waals surface area contributed by atoms with Crippen LogP contribution >= 0.6 is 0 Å². The standard InChI is InChI=1S/C10H22N2O2/c1-4-9(13)7-11-8-10(14)12(5-2)6-3/h9,11,13H,4-8H2,1-3H3. The number of likely N-dealkylation sites (N-methyl/N-ethyl adjacent to an activating group) is 1. The first-order chi connectivity index (χ1) is 6.65. The van der Waals surface area contributed by atoms with Crippen molar-refractivity contribution < 1.29 is 9.90 Å². The first-order valence-electron chi connectivity index (χ1n) is 5.32. The maximum Gasteiger partial charge on any atom is 0.236 e. The van der Waals surface area contributed by atoms with Crippen LogP contribution in [0.15, 0.2) is 0 Å². The van der Waals surface area contributed by atoms with Crippen molar-refractivity contribution in [2.45, 2.75) is 33.3 Å². The first kappa shape index (κ1) is 13.4. The van der Waals surface area contributed by atoms with Gasteiger partial charge in [0.1, 0.15) is 0 Å². The molecular formula is C10H22N2O2. The zero-order chi connectivity index (χ0) is 11.0. The number of rotatable bonds is 7. The molecule has 0 spiro atoms. The SMILES string of the molecule is CCC(O)CNCC(=O)N(CC)CC. The summed E-state index contributed by atoms with van der Waals surface area (Å²) in [5.74, 6) is 0.0957.